The summed E-state index contributed by atoms with van der Waals surface area (Å²) in [5.74, 6) is 1.80. The molecule has 17 heavy (non-hydrogen) atoms. The number of hydrogen-bond acceptors (Lipinski definition) is 3. The van der Waals surface area contributed by atoms with Crippen LogP contribution in [0.2, 0.25) is 0 Å². The summed E-state index contributed by atoms with van der Waals surface area (Å²) in [6, 6.07) is 4.10. The molecule has 1 aliphatic heterocycles. The Bertz CT molecular complexity index is 325. The van der Waals surface area contributed by atoms with Crippen molar-refractivity contribution in [1.29, 1.82) is 0 Å². The third-order valence-electron chi connectivity index (χ3n) is 3.03. The Balaban J connectivity index is 0.00000144. The van der Waals surface area contributed by atoms with Gasteiger partial charge >= 0.3 is 0 Å². The largest absolute Gasteiger partial charge is 0.359 e. The van der Waals surface area contributed by atoms with Crippen LogP contribution in [-0.4, -0.2) is 31.7 Å². The highest BCUT2D eigenvalue weighted by Crippen LogP contribution is 2.17. The molecule has 1 aromatic rings. The molecule has 0 aromatic carbocycles. The second kappa shape index (κ2) is 7.19. The van der Waals surface area contributed by atoms with E-state index in [1.165, 1.54) is 19.4 Å². The first-order valence-corrected chi connectivity index (χ1v) is 6.58. The summed E-state index contributed by atoms with van der Waals surface area (Å²) in [6.45, 7) is 3.40. The van der Waals surface area contributed by atoms with Crippen molar-refractivity contribution < 1.29 is 0 Å². The number of anilines is 1. The van der Waals surface area contributed by atoms with Crippen LogP contribution >= 0.6 is 28.3 Å². The zero-order valence-corrected chi connectivity index (χ0v) is 12.4. The highest BCUT2D eigenvalue weighted by atomic mass is 79.9. The van der Waals surface area contributed by atoms with Crippen molar-refractivity contribution in [3.63, 3.8) is 0 Å². The molecule has 1 N–H and O–H groups in total. The van der Waals surface area contributed by atoms with Gasteiger partial charge in [-0.1, -0.05) is 0 Å². The molecule has 2 rings (SSSR count). The summed E-state index contributed by atoms with van der Waals surface area (Å²) in [5, 5.41) is 3.45. The third-order valence-corrected chi connectivity index (χ3v) is 3.50. The van der Waals surface area contributed by atoms with Gasteiger partial charge in [-0.3, -0.25) is 0 Å². The van der Waals surface area contributed by atoms with Crippen molar-refractivity contribution >= 4 is 34.2 Å². The fourth-order valence-electron chi connectivity index (χ4n) is 2.15. The van der Waals surface area contributed by atoms with E-state index < -0.39 is 0 Å². The van der Waals surface area contributed by atoms with Gasteiger partial charge in [0.25, 0.3) is 0 Å². The molecule has 1 unspecified atom stereocenters. The van der Waals surface area contributed by atoms with E-state index in [-0.39, 0.29) is 12.4 Å². The van der Waals surface area contributed by atoms with Gasteiger partial charge in [0, 0.05) is 24.3 Å². The second-order valence-electron chi connectivity index (χ2n) is 4.43. The minimum atomic E-state index is 0. The van der Waals surface area contributed by atoms with E-state index in [1.807, 2.05) is 12.3 Å². The molecule has 0 saturated carbocycles. The molecular formula is C12H19BrClN3. The molecule has 0 spiro atoms. The molecular weight excluding hydrogens is 302 g/mol. The van der Waals surface area contributed by atoms with Crippen LogP contribution in [0.25, 0.3) is 0 Å². The number of nitrogens with one attached hydrogen (secondary N) is 1. The van der Waals surface area contributed by atoms with Gasteiger partial charge in [0.05, 0.1) is 0 Å². The molecule has 1 aliphatic rings. The SMILES string of the molecule is CN(CC1CCCNC1)c1ccc(Br)cn1.Cl. The number of rotatable bonds is 3. The van der Waals surface area contributed by atoms with Crippen LogP contribution in [0.4, 0.5) is 5.82 Å². The Morgan fingerprint density at radius 1 is 1.53 bits per heavy atom. The van der Waals surface area contributed by atoms with Crippen LogP contribution < -0.4 is 10.2 Å². The second-order valence-corrected chi connectivity index (χ2v) is 5.34. The molecule has 96 valence electrons. The van der Waals surface area contributed by atoms with Gasteiger partial charge in [-0.15, -0.1) is 12.4 Å². The van der Waals surface area contributed by atoms with Gasteiger partial charge in [0.15, 0.2) is 0 Å². The smallest absolute Gasteiger partial charge is 0.128 e. The first kappa shape index (κ1) is 14.7. The lowest BCUT2D eigenvalue weighted by Gasteiger charge is -2.28. The molecule has 0 aliphatic carbocycles. The van der Waals surface area contributed by atoms with Gasteiger partial charge in [-0.05, 0) is 59.9 Å². The maximum absolute atomic E-state index is 4.40. The number of halogens is 2. The lowest BCUT2D eigenvalue weighted by molar-refractivity contribution is 0.380. The van der Waals surface area contributed by atoms with E-state index >= 15 is 0 Å². The Kier molecular flexibility index (Phi) is 6.23. The predicted octanol–water partition coefficient (Wildman–Crippen LogP) is 2.70. The fraction of sp³-hybridized carbons (Fsp3) is 0.583. The van der Waals surface area contributed by atoms with Crippen molar-refractivity contribution in [3.8, 4) is 0 Å². The molecule has 1 saturated heterocycles. The monoisotopic (exact) mass is 319 g/mol. The summed E-state index contributed by atoms with van der Waals surface area (Å²) in [7, 11) is 2.12. The average molecular weight is 321 g/mol. The van der Waals surface area contributed by atoms with E-state index in [1.54, 1.807) is 0 Å². The van der Waals surface area contributed by atoms with Gasteiger partial charge in [-0.2, -0.15) is 0 Å². The zero-order valence-electron chi connectivity index (χ0n) is 10.0. The van der Waals surface area contributed by atoms with E-state index in [2.05, 4.69) is 44.2 Å². The van der Waals surface area contributed by atoms with Crippen molar-refractivity contribution in [2.24, 2.45) is 5.92 Å². The Morgan fingerprint density at radius 3 is 2.94 bits per heavy atom. The summed E-state index contributed by atoms with van der Waals surface area (Å²) >= 11 is 3.40. The van der Waals surface area contributed by atoms with Crippen LogP contribution in [0.15, 0.2) is 22.8 Å². The number of pyridine rings is 1. The van der Waals surface area contributed by atoms with Crippen molar-refractivity contribution in [2.75, 3.05) is 31.6 Å². The van der Waals surface area contributed by atoms with E-state index in [4.69, 9.17) is 0 Å². The molecule has 3 nitrogen and oxygen atoms in total. The predicted molar refractivity (Wildman–Crippen MR) is 78.0 cm³/mol. The Labute approximate surface area is 118 Å². The summed E-state index contributed by atoms with van der Waals surface area (Å²) in [6.07, 6.45) is 4.48. The van der Waals surface area contributed by atoms with E-state index in [9.17, 15) is 0 Å². The Morgan fingerprint density at radius 2 is 2.35 bits per heavy atom. The van der Waals surface area contributed by atoms with Gasteiger partial charge in [-0.25, -0.2) is 4.98 Å². The zero-order chi connectivity index (χ0) is 11.4. The molecule has 0 radical (unpaired) electrons. The van der Waals surface area contributed by atoms with Crippen LogP contribution in [0, 0.1) is 5.92 Å². The number of hydrogen-bond donors (Lipinski definition) is 1. The summed E-state index contributed by atoms with van der Waals surface area (Å²) < 4.78 is 1.03. The van der Waals surface area contributed by atoms with E-state index in [0.29, 0.717) is 0 Å². The molecule has 1 fully saturated rings. The first-order valence-electron chi connectivity index (χ1n) is 5.79. The molecule has 2 heterocycles. The minimum Gasteiger partial charge on any atom is -0.359 e. The highest BCUT2D eigenvalue weighted by molar-refractivity contribution is 9.10. The molecule has 0 amide bonds. The number of aromatic nitrogens is 1. The summed E-state index contributed by atoms with van der Waals surface area (Å²) in [4.78, 5) is 6.64. The standard InChI is InChI=1S/C12H18BrN3.ClH/c1-16(9-10-3-2-6-14-7-10)12-5-4-11(13)8-15-12;/h4-5,8,10,14H,2-3,6-7,9H2,1H3;1H. The minimum absolute atomic E-state index is 0. The van der Waals surface area contributed by atoms with Crippen LogP contribution in [0.5, 0.6) is 0 Å². The Hall–Kier alpha value is -0.320. The first-order chi connectivity index (χ1) is 7.75. The van der Waals surface area contributed by atoms with Crippen LogP contribution in [0.3, 0.4) is 0 Å². The van der Waals surface area contributed by atoms with Crippen LogP contribution in [-0.2, 0) is 0 Å². The third kappa shape index (κ3) is 4.45. The maximum Gasteiger partial charge on any atom is 0.128 e. The van der Waals surface area contributed by atoms with Gasteiger partial charge in [0.1, 0.15) is 5.82 Å². The van der Waals surface area contributed by atoms with Crippen LogP contribution in [0.1, 0.15) is 12.8 Å². The topological polar surface area (TPSA) is 28.2 Å². The molecule has 5 heteroatoms. The maximum atomic E-state index is 4.40. The highest BCUT2D eigenvalue weighted by Gasteiger charge is 2.15. The van der Waals surface area contributed by atoms with Gasteiger partial charge < -0.3 is 10.2 Å². The number of nitrogens with zero attached hydrogens (tertiary/aromatic N) is 2. The molecule has 1 atom stereocenters. The van der Waals surface area contributed by atoms with E-state index in [0.717, 1.165) is 29.3 Å². The molecule has 0 bridgehead atoms. The van der Waals surface area contributed by atoms with Crippen molar-refractivity contribution in [1.82, 2.24) is 10.3 Å². The number of piperidine rings is 1. The van der Waals surface area contributed by atoms with Crippen molar-refractivity contribution in [2.45, 2.75) is 12.8 Å². The fourth-order valence-corrected chi connectivity index (χ4v) is 2.39. The summed E-state index contributed by atoms with van der Waals surface area (Å²) in [5.41, 5.74) is 0. The molecule has 1 aromatic heterocycles. The van der Waals surface area contributed by atoms with Gasteiger partial charge in [0.2, 0.25) is 0 Å². The van der Waals surface area contributed by atoms with Crippen molar-refractivity contribution in [3.05, 3.63) is 22.8 Å². The average Bonchev–Trinajstić information content (AvgIpc) is 2.31. The quantitative estimate of drug-likeness (QED) is 0.928. The normalized spacial score (nSPS) is 19.5. The lowest BCUT2D eigenvalue weighted by Crippen LogP contribution is -2.37. The lowest BCUT2D eigenvalue weighted by atomic mass is 9.99.